The van der Waals surface area contributed by atoms with Gasteiger partial charge in [-0.15, -0.1) is 0 Å². The van der Waals surface area contributed by atoms with Gasteiger partial charge in [-0.25, -0.2) is 0 Å². The van der Waals surface area contributed by atoms with Crippen molar-refractivity contribution in [2.45, 2.75) is 0 Å². The second-order valence-corrected chi connectivity index (χ2v) is 2.19. The van der Waals surface area contributed by atoms with Gasteiger partial charge in [0.25, 0.3) is 0 Å². The molecule has 6 heteroatoms. The third-order valence-electron chi connectivity index (χ3n) is 1.43. The zero-order valence-electron chi connectivity index (χ0n) is 6.02. The van der Waals surface area contributed by atoms with Gasteiger partial charge in [-0.1, -0.05) is 0 Å². The van der Waals surface area contributed by atoms with Crippen LogP contribution in [0.25, 0.3) is 0 Å². The molecule has 0 aliphatic carbocycles. The van der Waals surface area contributed by atoms with Crippen molar-refractivity contribution >= 4 is 17.1 Å². The second-order valence-electron chi connectivity index (χ2n) is 2.19. The van der Waals surface area contributed by atoms with Crippen LogP contribution >= 0.6 is 0 Å². The topological polar surface area (TPSA) is 115 Å². The van der Waals surface area contributed by atoms with E-state index in [-0.39, 0.29) is 11.4 Å². The van der Waals surface area contributed by atoms with Gasteiger partial charge in [0.15, 0.2) is 0 Å². The van der Waals surface area contributed by atoms with E-state index in [1.807, 2.05) is 0 Å². The van der Waals surface area contributed by atoms with Crippen LogP contribution in [0.1, 0.15) is 0 Å². The molecule has 0 aliphatic rings. The van der Waals surface area contributed by atoms with Gasteiger partial charge in [0.05, 0.1) is 10.6 Å². The summed E-state index contributed by atoms with van der Waals surface area (Å²) in [4.78, 5) is 9.50. The monoisotopic (exact) mass is 169 g/mol. The van der Waals surface area contributed by atoms with Crippen LogP contribution in [0.4, 0.5) is 17.1 Å². The molecule has 64 valence electrons. The summed E-state index contributed by atoms with van der Waals surface area (Å²) >= 11 is 0. The quantitative estimate of drug-likeness (QED) is 0.244. The number of hydrogen-bond donors (Lipinski definition) is 3. The number of aromatic hydroxyl groups is 1. The number of nitrogens with two attached hydrogens (primary N) is 2. The zero-order chi connectivity index (χ0) is 9.30. The van der Waals surface area contributed by atoms with E-state index in [1.54, 1.807) is 0 Å². The minimum atomic E-state index is -0.731. The molecule has 0 saturated carbocycles. The molecule has 0 heterocycles. The molecule has 0 saturated heterocycles. The Kier molecular flexibility index (Phi) is 1.74. The predicted molar refractivity (Wildman–Crippen MR) is 43.6 cm³/mol. The number of phenolic OH excluding ortho intramolecular Hbond substituents is 1. The van der Waals surface area contributed by atoms with Crippen LogP contribution in [-0.2, 0) is 0 Å². The molecule has 0 amide bonds. The van der Waals surface area contributed by atoms with Gasteiger partial charge in [0.1, 0.15) is 5.69 Å². The highest BCUT2D eigenvalue weighted by atomic mass is 16.6. The molecule has 0 fully saturated rings. The summed E-state index contributed by atoms with van der Waals surface area (Å²) in [6.45, 7) is 0. The SMILES string of the molecule is Nc1ccc([N+](=O)[O-])c(O)c1N. The van der Waals surface area contributed by atoms with Crippen molar-refractivity contribution in [3.63, 3.8) is 0 Å². The number of nitro benzene ring substituents is 1. The van der Waals surface area contributed by atoms with Crippen LogP contribution in [0.15, 0.2) is 12.1 Å². The maximum Gasteiger partial charge on any atom is 0.313 e. The van der Waals surface area contributed by atoms with E-state index in [9.17, 15) is 10.1 Å². The summed E-state index contributed by atoms with van der Waals surface area (Å²) in [5, 5.41) is 19.3. The van der Waals surface area contributed by atoms with Crippen LogP contribution in [0.5, 0.6) is 5.75 Å². The zero-order valence-corrected chi connectivity index (χ0v) is 6.02. The van der Waals surface area contributed by atoms with Crippen molar-refractivity contribution in [3.8, 4) is 5.75 Å². The summed E-state index contributed by atoms with van der Waals surface area (Å²) in [6, 6.07) is 2.37. The first-order valence-electron chi connectivity index (χ1n) is 3.05. The molecule has 0 aliphatic heterocycles. The highest BCUT2D eigenvalue weighted by Crippen LogP contribution is 2.35. The van der Waals surface area contributed by atoms with E-state index >= 15 is 0 Å². The third-order valence-corrected chi connectivity index (χ3v) is 1.43. The lowest BCUT2D eigenvalue weighted by Crippen LogP contribution is -1.97. The van der Waals surface area contributed by atoms with E-state index in [0.717, 1.165) is 6.07 Å². The highest BCUT2D eigenvalue weighted by molar-refractivity contribution is 5.76. The van der Waals surface area contributed by atoms with Gasteiger partial charge >= 0.3 is 5.69 Å². The lowest BCUT2D eigenvalue weighted by molar-refractivity contribution is -0.385. The minimum absolute atomic E-state index is 0.123. The first-order valence-corrected chi connectivity index (χ1v) is 3.05. The van der Waals surface area contributed by atoms with Gasteiger partial charge in [-0.05, 0) is 6.07 Å². The Morgan fingerprint density at radius 2 is 2.00 bits per heavy atom. The molecule has 1 aromatic carbocycles. The number of nitro groups is 1. The Labute approximate surface area is 67.6 Å². The number of nitrogens with zero attached hydrogens (tertiary/aromatic N) is 1. The van der Waals surface area contributed by atoms with Gasteiger partial charge in [-0.3, -0.25) is 10.1 Å². The fourth-order valence-electron chi connectivity index (χ4n) is 0.759. The average Bonchev–Trinajstić information content (AvgIpc) is 2.00. The predicted octanol–water partition coefficient (Wildman–Crippen LogP) is 0.465. The van der Waals surface area contributed by atoms with E-state index in [1.165, 1.54) is 6.07 Å². The molecule has 0 aromatic heterocycles. The Balaban J connectivity index is 3.36. The fourth-order valence-corrected chi connectivity index (χ4v) is 0.759. The molecule has 5 N–H and O–H groups in total. The first kappa shape index (κ1) is 8.12. The molecule has 0 spiro atoms. The van der Waals surface area contributed by atoms with Crippen LogP contribution in [0, 0.1) is 10.1 Å². The van der Waals surface area contributed by atoms with Crippen molar-refractivity contribution < 1.29 is 10.0 Å². The van der Waals surface area contributed by atoms with Crippen molar-refractivity contribution in [2.24, 2.45) is 0 Å². The number of nitrogen functional groups attached to an aromatic ring is 2. The van der Waals surface area contributed by atoms with Gasteiger partial charge < -0.3 is 16.6 Å². The third kappa shape index (κ3) is 1.09. The van der Waals surface area contributed by atoms with E-state index in [4.69, 9.17) is 16.6 Å². The molecule has 0 bridgehead atoms. The standard InChI is InChI=1S/C6H7N3O3/c7-3-1-2-4(9(11)12)6(10)5(3)8/h1-2,10H,7-8H2. The molecule has 0 unspecified atom stereocenters. The number of phenols is 1. The summed E-state index contributed by atoms with van der Waals surface area (Å²) < 4.78 is 0. The summed E-state index contributed by atoms with van der Waals surface area (Å²) in [7, 11) is 0. The smallest absolute Gasteiger partial charge is 0.313 e. The summed E-state index contributed by atoms with van der Waals surface area (Å²) in [6.07, 6.45) is 0. The second kappa shape index (κ2) is 2.57. The molecule has 1 rings (SSSR count). The van der Waals surface area contributed by atoms with E-state index in [0.29, 0.717) is 0 Å². The number of rotatable bonds is 1. The van der Waals surface area contributed by atoms with Crippen molar-refractivity contribution in [3.05, 3.63) is 22.2 Å². The maximum atomic E-state index is 10.2. The highest BCUT2D eigenvalue weighted by Gasteiger charge is 2.16. The van der Waals surface area contributed by atoms with Gasteiger partial charge in [0, 0.05) is 6.07 Å². The Morgan fingerprint density at radius 3 is 2.50 bits per heavy atom. The fraction of sp³-hybridized carbons (Fsp3) is 0. The maximum absolute atomic E-state index is 10.2. The lowest BCUT2D eigenvalue weighted by atomic mass is 10.2. The normalized spacial score (nSPS) is 9.67. The van der Waals surface area contributed by atoms with E-state index in [2.05, 4.69) is 0 Å². The van der Waals surface area contributed by atoms with Crippen molar-refractivity contribution in [1.29, 1.82) is 0 Å². The minimum Gasteiger partial charge on any atom is -0.501 e. The Bertz CT molecular complexity index is 337. The molecular formula is C6H7N3O3. The van der Waals surface area contributed by atoms with Crippen molar-refractivity contribution in [1.82, 2.24) is 0 Å². The van der Waals surface area contributed by atoms with Crippen LogP contribution in [-0.4, -0.2) is 10.0 Å². The van der Waals surface area contributed by atoms with Crippen LogP contribution in [0.3, 0.4) is 0 Å². The van der Waals surface area contributed by atoms with Gasteiger partial charge in [-0.2, -0.15) is 0 Å². The van der Waals surface area contributed by atoms with E-state index < -0.39 is 16.4 Å². The summed E-state index contributed by atoms with van der Waals surface area (Å²) in [5.41, 5.74) is 10.0. The van der Waals surface area contributed by atoms with Crippen molar-refractivity contribution in [2.75, 3.05) is 11.5 Å². The molecule has 1 aromatic rings. The molecule has 0 atom stereocenters. The number of hydrogen-bond acceptors (Lipinski definition) is 5. The van der Waals surface area contributed by atoms with Gasteiger partial charge in [0.2, 0.25) is 5.75 Å². The molecule has 0 radical (unpaired) electrons. The number of anilines is 2. The Hall–Kier alpha value is -1.98. The first-order chi connectivity index (χ1) is 5.54. The molecule has 12 heavy (non-hydrogen) atoms. The number of benzene rings is 1. The molecule has 6 nitrogen and oxygen atoms in total. The lowest BCUT2D eigenvalue weighted by Gasteiger charge is -2.01. The van der Waals surface area contributed by atoms with Crippen LogP contribution < -0.4 is 11.5 Å². The molecular weight excluding hydrogens is 162 g/mol. The summed E-state index contributed by atoms with van der Waals surface area (Å²) in [5.74, 6) is -0.583. The Morgan fingerprint density at radius 1 is 1.42 bits per heavy atom. The van der Waals surface area contributed by atoms with Crippen LogP contribution in [0.2, 0.25) is 0 Å². The average molecular weight is 169 g/mol. The largest absolute Gasteiger partial charge is 0.501 e.